The highest BCUT2D eigenvalue weighted by molar-refractivity contribution is 5.73. The quantitative estimate of drug-likeness (QED) is 0.241. The Bertz CT molecular complexity index is 934. The van der Waals surface area contributed by atoms with E-state index in [0.29, 0.717) is 29.9 Å². The van der Waals surface area contributed by atoms with E-state index >= 15 is 0 Å². The number of rotatable bonds is 16. The first-order valence-corrected chi connectivity index (χ1v) is 11.6. The molecule has 34 heavy (non-hydrogen) atoms. The van der Waals surface area contributed by atoms with Crippen molar-refractivity contribution in [2.75, 3.05) is 7.11 Å². The number of aliphatic carboxylic acids is 2. The van der Waals surface area contributed by atoms with Gasteiger partial charge in [0.2, 0.25) is 0 Å². The van der Waals surface area contributed by atoms with E-state index in [1.54, 1.807) is 31.6 Å². The number of ether oxygens (including phenoxy) is 3. The normalized spacial score (nSPS) is 11.8. The minimum atomic E-state index is -1.05. The summed E-state index contributed by atoms with van der Waals surface area (Å²) in [5.74, 6) is -0.338. The number of allylic oxidation sites excluding steroid dienone is 1. The van der Waals surface area contributed by atoms with Gasteiger partial charge < -0.3 is 24.4 Å². The molecule has 0 aliphatic rings. The van der Waals surface area contributed by atoms with E-state index in [2.05, 4.69) is 12.1 Å². The minimum absolute atomic E-state index is 0.114. The molecule has 0 heterocycles. The molecule has 2 N–H and O–H groups in total. The van der Waals surface area contributed by atoms with Crippen molar-refractivity contribution in [3.8, 4) is 17.2 Å². The molecule has 0 aromatic heterocycles. The van der Waals surface area contributed by atoms with Gasteiger partial charge in [-0.15, -0.1) is 0 Å². The number of benzene rings is 2. The van der Waals surface area contributed by atoms with E-state index in [0.717, 1.165) is 31.4 Å². The topological polar surface area (TPSA) is 102 Å². The average Bonchev–Trinajstić information content (AvgIpc) is 2.82. The molecule has 0 saturated carbocycles. The van der Waals surface area contributed by atoms with Crippen LogP contribution in [0, 0.1) is 0 Å². The number of methoxy groups -OCH3 is 1. The number of hydrogen-bond donors (Lipinski definition) is 2. The number of carboxylic acids is 2. The molecule has 2 rings (SSSR count). The van der Waals surface area contributed by atoms with Gasteiger partial charge in [-0.2, -0.15) is 0 Å². The number of aryl methyl sites for hydroxylation is 1. The second-order valence-electron chi connectivity index (χ2n) is 7.94. The monoisotopic (exact) mass is 470 g/mol. The number of carbonyl (C=O) groups is 2. The SMILES string of the molecule is CCCC(Oc1cccc(OC=CCCCCc2ccc(OC)cc2)c1CCC(=O)O)C(=O)O. The van der Waals surface area contributed by atoms with Crippen molar-refractivity contribution in [2.45, 2.75) is 64.4 Å². The fourth-order valence-electron chi connectivity index (χ4n) is 3.47. The lowest BCUT2D eigenvalue weighted by Crippen LogP contribution is -2.27. The Morgan fingerprint density at radius 2 is 1.74 bits per heavy atom. The van der Waals surface area contributed by atoms with E-state index in [1.165, 1.54) is 5.56 Å². The van der Waals surface area contributed by atoms with Gasteiger partial charge in [0.1, 0.15) is 17.2 Å². The van der Waals surface area contributed by atoms with Gasteiger partial charge in [-0.1, -0.05) is 31.5 Å². The van der Waals surface area contributed by atoms with Crippen molar-refractivity contribution >= 4 is 11.9 Å². The third-order valence-corrected chi connectivity index (χ3v) is 5.31. The molecule has 0 fully saturated rings. The zero-order valence-electron chi connectivity index (χ0n) is 19.9. The lowest BCUT2D eigenvalue weighted by atomic mass is 10.1. The van der Waals surface area contributed by atoms with Crippen LogP contribution in [0.4, 0.5) is 0 Å². The molecule has 1 unspecified atom stereocenters. The molecule has 7 heteroatoms. The highest BCUT2D eigenvalue weighted by Crippen LogP contribution is 2.31. The van der Waals surface area contributed by atoms with Gasteiger partial charge in [0.15, 0.2) is 6.10 Å². The maximum Gasteiger partial charge on any atom is 0.344 e. The van der Waals surface area contributed by atoms with E-state index in [1.807, 2.05) is 25.1 Å². The third-order valence-electron chi connectivity index (χ3n) is 5.31. The van der Waals surface area contributed by atoms with Crippen LogP contribution in [-0.2, 0) is 22.4 Å². The second-order valence-corrected chi connectivity index (χ2v) is 7.94. The molecule has 1 atom stereocenters. The summed E-state index contributed by atoms with van der Waals surface area (Å²) in [7, 11) is 1.65. The fourth-order valence-corrected chi connectivity index (χ4v) is 3.47. The van der Waals surface area contributed by atoms with Crippen molar-refractivity contribution in [3.05, 3.63) is 65.9 Å². The van der Waals surface area contributed by atoms with Gasteiger partial charge in [-0.3, -0.25) is 4.79 Å². The smallest absolute Gasteiger partial charge is 0.344 e. The van der Waals surface area contributed by atoms with Crippen LogP contribution in [0.2, 0.25) is 0 Å². The van der Waals surface area contributed by atoms with Crippen molar-refractivity contribution < 1.29 is 34.0 Å². The van der Waals surface area contributed by atoms with Crippen molar-refractivity contribution in [3.63, 3.8) is 0 Å². The van der Waals surface area contributed by atoms with Crippen molar-refractivity contribution in [2.24, 2.45) is 0 Å². The van der Waals surface area contributed by atoms with Gasteiger partial charge in [0.25, 0.3) is 0 Å². The van der Waals surface area contributed by atoms with Gasteiger partial charge in [-0.05, 0) is 74.4 Å². The summed E-state index contributed by atoms with van der Waals surface area (Å²) in [4.78, 5) is 22.6. The Hall–Kier alpha value is -3.48. The molecule has 0 amide bonds. The van der Waals surface area contributed by atoms with E-state index in [4.69, 9.17) is 19.3 Å². The highest BCUT2D eigenvalue weighted by Gasteiger charge is 2.21. The Kier molecular flexibility index (Phi) is 11.5. The largest absolute Gasteiger partial charge is 0.497 e. The molecule has 2 aromatic carbocycles. The van der Waals surface area contributed by atoms with E-state index in [-0.39, 0.29) is 12.8 Å². The summed E-state index contributed by atoms with van der Waals surface area (Å²) in [5, 5.41) is 18.5. The maximum atomic E-state index is 11.5. The predicted molar refractivity (Wildman–Crippen MR) is 130 cm³/mol. The van der Waals surface area contributed by atoms with Gasteiger partial charge in [-0.25, -0.2) is 4.79 Å². The first kappa shape index (κ1) is 26.8. The molecule has 2 aromatic rings. The predicted octanol–water partition coefficient (Wildman–Crippen LogP) is 5.65. The Morgan fingerprint density at radius 1 is 1.00 bits per heavy atom. The van der Waals surface area contributed by atoms with Gasteiger partial charge in [0.05, 0.1) is 13.4 Å². The lowest BCUT2D eigenvalue weighted by molar-refractivity contribution is -0.145. The second kappa shape index (κ2) is 14.6. The molecule has 0 radical (unpaired) electrons. The first-order valence-electron chi connectivity index (χ1n) is 11.6. The van der Waals surface area contributed by atoms with Crippen LogP contribution in [0.3, 0.4) is 0 Å². The Morgan fingerprint density at radius 3 is 2.38 bits per heavy atom. The molecular formula is C27H34O7. The number of hydrogen-bond acceptors (Lipinski definition) is 5. The molecule has 0 saturated heterocycles. The van der Waals surface area contributed by atoms with Crippen molar-refractivity contribution in [1.82, 2.24) is 0 Å². The summed E-state index contributed by atoms with van der Waals surface area (Å²) in [6.07, 6.45) is 7.46. The fraction of sp³-hybridized carbons (Fsp3) is 0.407. The van der Waals surface area contributed by atoms with E-state index in [9.17, 15) is 14.7 Å². The van der Waals surface area contributed by atoms with Crippen LogP contribution < -0.4 is 14.2 Å². The van der Waals surface area contributed by atoms with Crippen LogP contribution in [0.1, 0.15) is 56.6 Å². The van der Waals surface area contributed by atoms with E-state index < -0.39 is 18.0 Å². The molecule has 0 bridgehead atoms. The zero-order valence-corrected chi connectivity index (χ0v) is 19.9. The maximum absolute atomic E-state index is 11.5. The molecular weight excluding hydrogens is 436 g/mol. The van der Waals surface area contributed by atoms with Crippen LogP contribution >= 0.6 is 0 Å². The van der Waals surface area contributed by atoms with Crippen LogP contribution in [0.15, 0.2) is 54.8 Å². The molecule has 0 aliphatic carbocycles. The number of carboxylic acid groups (broad SMARTS) is 2. The molecule has 7 nitrogen and oxygen atoms in total. The zero-order chi connectivity index (χ0) is 24.8. The van der Waals surface area contributed by atoms with Crippen LogP contribution in [0.5, 0.6) is 17.2 Å². The summed E-state index contributed by atoms with van der Waals surface area (Å²) >= 11 is 0. The lowest BCUT2D eigenvalue weighted by Gasteiger charge is -2.18. The number of unbranched alkanes of at least 4 members (excludes halogenated alkanes) is 2. The standard InChI is InChI=1S/C27H34O7/c1-3-9-25(27(30)31)34-24-12-8-11-23(22(24)17-18-26(28)29)33-19-7-5-4-6-10-20-13-15-21(32-2)16-14-20/h7-8,11-16,19,25H,3-6,9-10,17-18H2,1-2H3,(H,28,29)(H,30,31). The molecule has 0 spiro atoms. The minimum Gasteiger partial charge on any atom is -0.497 e. The first-order chi connectivity index (χ1) is 16.4. The van der Waals surface area contributed by atoms with Crippen LogP contribution in [0.25, 0.3) is 0 Å². The summed E-state index contributed by atoms with van der Waals surface area (Å²) in [6.45, 7) is 1.88. The Labute approximate surface area is 201 Å². The Balaban J connectivity index is 1.94. The molecule has 184 valence electrons. The average molecular weight is 471 g/mol. The third kappa shape index (κ3) is 9.17. The molecule has 0 aliphatic heterocycles. The highest BCUT2D eigenvalue weighted by atomic mass is 16.5. The van der Waals surface area contributed by atoms with Gasteiger partial charge in [0, 0.05) is 12.0 Å². The summed E-state index contributed by atoms with van der Waals surface area (Å²) in [5.41, 5.74) is 1.82. The van der Waals surface area contributed by atoms with Crippen molar-refractivity contribution in [1.29, 1.82) is 0 Å². The summed E-state index contributed by atoms with van der Waals surface area (Å²) < 4.78 is 16.7. The van der Waals surface area contributed by atoms with Gasteiger partial charge >= 0.3 is 11.9 Å². The summed E-state index contributed by atoms with van der Waals surface area (Å²) in [6, 6.07) is 13.2. The van der Waals surface area contributed by atoms with Crippen LogP contribution in [-0.4, -0.2) is 35.4 Å².